The molecule has 3 aromatic heterocycles. The Kier molecular flexibility index (Phi) is 11.8. The summed E-state index contributed by atoms with van der Waals surface area (Å²) in [6.45, 7) is 1.51. The molecular weight excluding hydrogens is 840 g/mol. The Morgan fingerprint density at radius 3 is 1.43 bits per heavy atom. The van der Waals surface area contributed by atoms with Gasteiger partial charge in [0.15, 0.2) is 7.14 Å². The summed E-state index contributed by atoms with van der Waals surface area (Å²) in [7, 11) is -3.05. The van der Waals surface area contributed by atoms with Crippen molar-refractivity contribution < 1.29 is 51.0 Å². The van der Waals surface area contributed by atoms with Crippen LogP contribution < -0.4 is 16.2 Å². The number of alkyl halides is 6. The maximum Gasteiger partial charge on any atom is 3.00 e. The number of hydrogen-bond acceptors (Lipinski definition) is 4. The fraction of sp³-hybridized carbons (Fsp3) is 0.108. The van der Waals surface area contributed by atoms with Gasteiger partial charge in [-0.15, -0.1) is 11.1 Å². The Bertz CT molecular complexity index is 1840. The van der Waals surface area contributed by atoms with Crippen molar-refractivity contribution in [2.45, 2.75) is 24.7 Å². The fourth-order valence-corrected chi connectivity index (χ4v) is 7.30. The predicted octanol–water partition coefficient (Wildman–Crippen LogP) is 7.99. The third kappa shape index (κ3) is 8.24. The van der Waals surface area contributed by atoms with Gasteiger partial charge in [0.25, 0.3) is 0 Å². The van der Waals surface area contributed by atoms with Crippen LogP contribution in [0.15, 0.2) is 134 Å². The zero-order chi connectivity index (χ0) is 34.4. The van der Waals surface area contributed by atoms with Gasteiger partial charge in [0.1, 0.15) is 10.9 Å². The fourth-order valence-electron chi connectivity index (χ4n) is 4.97. The number of benzene rings is 3. The van der Waals surface area contributed by atoms with E-state index >= 15 is 0 Å². The number of pyridine rings is 3. The standard InChI is InChI=1S/C21H13F6N.C16H12N2OP.Ir/c1-19(18-10-2-3-11-28-18,14-6-4-8-16(12-14)20(22,23)24)15-7-5-9-17(13-15)21(25,26)27;19-20(14-8-2-1-3-9-14,15-10-4-6-12-17-15)16-11-5-7-13-18-16;/h2-5,8-13H,1H3;1-8,10-13H;/q-2;-1;+3. The Morgan fingerprint density at radius 2 is 1.04 bits per heavy atom. The SMILES string of the molecule is CC(c1[c-]ccc(C(F)(F)F)c1)(c1[c-]ccc(C(F)(F)F)c1)c1ccccn1.O=P(c1[c-]cccc1)(c1ccccn1)c1ccccn1.[Ir+3]. The summed E-state index contributed by atoms with van der Waals surface area (Å²) in [4.78, 5) is 12.7. The molecule has 0 spiro atoms. The third-order valence-corrected chi connectivity index (χ3v) is 10.3. The van der Waals surface area contributed by atoms with Gasteiger partial charge < -0.3 is 4.57 Å². The third-order valence-electron chi connectivity index (χ3n) is 7.49. The average molecular weight is 865 g/mol. The smallest absolute Gasteiger partial charge is 0.308 e. The maximum atomic E-state index is 13.7. The van der Waals surface area contributed by atoms with Crippen molar-refractivity contribution >= 4 is 23.3 Å². The summed E-state index contributed by atoms with van der Waals surface area (Å²) < 4.78 is 92.8. The van der Waals surface area contributed by atoms with Crippen LogP contribution in [0.1, 0.15) is 34.9 Å². The molecular formula is C37H25F6IrN3OP. The Labute approximate surface area is 293 Å². The van der Waals surface area contributed by atoms with Gasteiger partial charge in [-0.2, -0.15) is 105 Å². The predicted molar refractivity (Wildman–Crippen MR) is 171 cm³/mol. The quantitative estimate of drug-likeness (QED) is 0.0969. The Balaban J connectivity index is 0.000000227. The number of rotatable bonds is 6. The molecule has 0 atom stereocenters. The number of nitrogens with zero attached hydrogens (tertiary/aromatic N) is 3. The summed E-state index contributed by atoms with van der Waals surface area (Å²) in [5.74, 6) is 0. The minimum Gasteiger partial charge on any atom is -0.308 e. The number of aromatic nitrogens is 3. The molecule has 0 unspecified atom stereocenters. The summed E-state index contributed by atoms with van der Waals surface area (Å²) in [6, 6.07) is 37.1. The summed E-state index contributed by atoms with van der Waals surface area (Å²) in [6.07, 6.45) is -4.49. The van der Waals surface area contributed by atoms with E-state index in [9.17, 15) is 30.9 Å². The molecule has 0 aliphatic heterocycles. The van der Waals surface area contributed by atoms with E-state index in [0.717, 1.165) is 36.4 Å². The molecule has 0 saturated heterocycles. The van der Waals surface area contributed by atoms with Gasteiger partial charge in [-0.25, -0.2) is 0 Å². The van der Waals surface area contributed by atoms with Crippen LogP contribution in [-0.2, 0) is 42.4 Å². The molecule has 6 rings (SSSR count). The van der Waals surface area contributed by atoms with E-state index in [-0.39, 0.29) is 36.9 Å². The molecule has 0 aliphatic rings. The van der Waals surface area contributed by atoms with Crippen molar-refractivity contribution in [3.63, 3.8) is 0 Å². The molecule has 3 aromatic carbocycles. The maximum absolute atomic E-state index is 13.7. The van der Waals surface area contributed by atoms with Crippen LogP contribution in [0.25, 0.3) is 0 Å². The molecule has 6 aromatic rings. The van der Waals surface area contributed by atoms with Gasteiger partial charge in [-0.05, 0) is 43.3 Å². The van der Waals surface area contributed by atoms with E-state index in [4.69, 9.17) is 0 Å². The summed E-state index contributed by atoms with van der Waals surface area (Å²) in [5, 5.41) is 0.623. The summed E-state index contributed by atoms with van der Waals surface area (Å²) >= 11 is 0. The van der Waals surface area contributed by atoms with Crippen molar-refractivity contribution in [2.24, 2.45) is 0 Å². The van der Waals surface area contributed by atoms with Crippen molar-refractivity contribution in [1.29, 1.82) is 0 Å². The molecule has 3 heterocycles. The van der Waals surface area contributed by atoms with Crippen LogP contribution >= 0.6 is 7.14 Å². The second kappa shape index (κ2) is 15.4. The van der Waals surface area contributed by atoms with Gasteiger partial charge in [0.05, 0.1) is 5.69 Å². The minimum absolute atomic E-state index is 0. The van der Waals surface area contributed by atoms with E-state index in [1.165, 1.54) is 13.1 Å². The van der Waals surface area contributed by atoms with Gasteiger partial charge in [0.2, 0.25) is 0 Å². The Morgan fingerprint density at radius 1 is 0.571 bits per heavy atom. The average Bonchev–Trinajstić information content (AvgIpc) is 3.12. The molecule has 0 aliphatic carbocycles. The zero-order valence-electron chi connectivity index (χ0n) is 25.5. The molecule has 4 nitrogen and oxygen atoms in total. The van der Waals surface area contributed by atoms with Crippen molar-refractivity contribution in [2.75, 3.05) is 0 Å². The van der Waals surface area contributed by atoms with Crippen molar-refractivity contribution in [1.82, 2.24) is 15.0 Å². The minimum atomic E-state index is -4.60. The van der Waals surface area contributed by atoms with Crippen LogP contribution in [0.3, 0.4) is 0 Å². The van der Waals surface area contributed by atoms with Crippen LogP contribution in [0, 0.1) is 18.2 Å². The van der Waals surface area contributed by atoms with Crippen molar-refractivity contribution in [3.8, 4) is 0 Å². The topological polar surface area (TPSA) is 55.7 Å². The van der Waals surface area contributed by atoms with E-state index in [1.807, 2.05) is 30.3 Å². The molecule has 49 heavy (non-hydrogen) atoms. The van der Waals surface area contributed by atoms with Crippen LogP contribution in [0.2, 0.25) is 0 Å². The first-order valence-corrected chi connectivity index (χ1v) is 16.1. The van der Waals surface area contributed by atoms with Gasteiger partial charge in [0, 0.05) is 24.0 Å². The molecule has 0 amide bonds. The van der Waals surface area contributed by atoms with Gasteiger partial charge in [-0.3, -0.25) is 15.0 Å². The largest absolute Gasteiger partial charge is 3.00 e. The number of halogens is 6. The first-order valence-electron chi connectivity index (χ1n) is 14.4. The van der Waals surface area contributed by atoms with Crippen LogP contribution in [0.4, 0.5) is 26.3 Å². The monoisotopic (exact) mass is 865 g/mol. The molecule has 0 radical (unpaired) electrons. The van der Waals surface area contributed by atoms with E-state index in [1.54, 1.807) is 60.9 Å². The second-order valence-electron chi connectivity index (χ2n) is 10.6. The van der Waals surface area contributed by atoms with Gasteiger partial charge >= 0.3 is 32.5 Å². The zero-order valence-corrected chi connectivity index (χ0v) is 28.8. The molecule has 0 fully saturated rings. The first-order chi connectivity index (χ1) is 22.8. The number of hydrogen-bond donors (Lipinski definition) is 0. The van der Waals surface area contributed by atoms with Crippen molar-refractivity contribution in [3.05, 3.63) is 180 Å². The normalized spacial score (nSPS) is 11.9. The van der Waals surface area contributed by atoms with Crippen LogP contribution in [-0.4, -0.2) is 15.0 Å². The summed E-state index contributed by atoms with van der Waals surface area (Å²) in [5.41, 5.74) is -1.86. The molecule has 0 bridgehead atoms. The molecule has 0 N–H and O–H groups in total. The molecule has 12 heteroatoms. The first kappa shape index (κ1) is 37.4. The van der Waals surface area contributed by atoms with E-state index < -0.39 is 36.0 Å². The van der Waals surface area contributed by atoms with Gasteiger partial charge in [-0.1, -0.05) is 34.6 Å². The Hall–Kier alpha value is -4.43. The second-order valence-corrected chi connectivity index (χ2v) is 13.2. The van der Waals surface area contributed by atoms with Crippen LogP contribution in [0.5, 0.6) is 0 Å². The molecule has 250 valence electrons. The van der Waals surface area contributed by atoms with E-state index in [2.05, 4.69) is 33.2 Å². The van der Waals surface area contributed by atoms with E-state index in [0.29, 0.717) is 16.2 Å². The molecule has 0 saturated carbocycles.